The summed E-state index contributed by atoms with van der Waals surface area (Å²) in [7, 11) is 5.97. The number of esters is 2. The first-order chi connectivity index (χ1) is 37.1. The van der Waals surface area contributed by atoms with Crippen LogP contribution in [0.1, 0.15) is 328 Å². The van der Waals surface area contributed by atoms with Crippen molar-refractivity contribution in [3.8, 4) is 0 Å². The van der Waals surface area contributed by atoms with Crippen LogP contribution >= 0.6 is 0 Å². The van der Waals surface area contributed by atoms with Gasteiger partial charge in [-0.05, 0) is 57.8 Å². The minimum atomic E-state index is -1.51. The lowest BCUT2D eigenvalue weighted by Crippen LogP contribution is -2.40. The van der Waals surface area contributed by atoms with Crippen molar-refractivity contribution in [3.05, 3.63) is 24.3 Å². The van der Waals surface area contributed by atoms with Gasteiger partial charge in [0.15, 0.2) is 6.10 Å². The number of likely N-dealkylation sites (N-methyl/N-ethyl adjacent to an activating group) is 1. The number of allylic oxidation sites excluding steroid dienone is 4. The first-order valence-corrected chi connectivity index (χ1v) is 33.0. The third kappa shape index (κ3) is 59.4. The molecular formula is C67H128NO8+. The lowest BCUT2D eigenvalue weighted by molar-refractivity contribution is -0.870. The van der Waals surface area contributed by atoms with Crippen LogP contribution < -0.4 is 0 Å². The number of hydrogen-bond acceptors (Lipinski definition) is 7. The zero-order valence-corrected chi connectivity index (χ0v) is 51.2. The van der Waals surface area contributed by atoms with Gasteiger partial charge in [0.05, 0.1) is 34.4 Å². The van der Waals surface area contributed by atoms with Crippen molar-refractivity contribution >= 4 is 17.9 Å². The van der Waals surface area contributed by atoms with E-state index in [4.69, 9.17) is 18.9 Å². The highest BCUT2D eigenvalue weighted by atomic mass is 16.7. The van der Waals surface area contributed by atoms with Crippen molar-refractivity contribution < 1.29 is 42.9 Å². The number of hydrogen-bond donors (Lipinski definition) is 1. The highest BCUT2D eigenvalue weighted by Gasteiger charge is 2.25. The molecule has 0 spiro atoms. The molecule has 0 aromatic carbocycles. The zero-order valence-electron chi connectivity index (χ0n) is 51.2. The topological polar surface area (TPSA) is 108 Å². The molecular weight excluding hydrogens is 947 g/mol. The molecule has 1 N–H and O–H groups in total. The number of carbonyl (C=O) groups is 3. The molecule has 0 aromatic heterocycles. The second-order valence-electron chi connectivity index (χ2n) is 23.8. The monoisotopic (exact) mass is 1070 g/mol. The van der Waals surface area contributed by atoms with Crippen molar-refractivity contribution in [3.63, 3.8) is 0 Å². The van der Waals surface area contributed by atoms with Gasteiger partial charge in [-0.3, -0.25) is 9.59 Å². The van der Waals surface area contributed by atoms with E-state index in [9.17, 15) is 19.5 Å². The summed E-state index contributed by atoms with van der Waals surface area (Å²) in [5.41, 5.74) is 0. The molecule has 0 amide bonds. The highest BCUT2D eigenvalue weighted by Crippen LogP contribution is 2.18. The van der Waals surface area contributed by atoms with Crippen LogP contribution in [-0.4, -0.2) is 87.4 Å². The van der Waals surface area contributed by atoms with Gasteiger partial charge in [-0.25, -0.2) is 4.79 Å². The van der Waals surface area contributed by atoms with Crippen LogP contribution in [0.5, 0.6) is 0 Å². The van der Waals surface area contributed by atoms with Crippen molar-refractivity contribution in [2.24, 2.45) is 0 Å². The number of carboxylic acids is 1. The van der Waals surface area contributed by atoms with E-state index >= 15 is 0 Å². The van der Waals surface area contributed by atoms with Crippen LogP contribution in [0, 0.1) is 0 Å². The van der Waals surface area contributed by atoms with Crippen molar-refractivity contribution in [1.82, 2.24) is 0 Å². The zero-order chi connectivity index (χ0) is 55.5. The van der Waals surface area contributed by atoms with Crippen LogP contribution in [0.4, 0.5) is 0 Å². The third-order valence-corrected chi connectivity index (χ3v) is 14.9. The van der Waals surface area contributed by atoms with Gasteiger partial charge in [-0.1, -0.05) is 282 Å². The molecule has 0 aliphatic heterocycles. The number of rotatable bonds is 62. The maximum Gasteiger partial charge on any atom is 0.361 e. The van der Waals surface area contributed by atoms with Gasteiger partial charge in [0.25, 0.3) is 6.29 Å². The molecule has 0 heterocycles. The molecule has 0 saturated carbocycles. The fraction of sp³-hybridized carbons (Fsp3) is 0.896. The number of quaternary nitrogens is 1. The van der Waals surface area contributed by atoms with E-state index in [2.05, 4.69) is 38.2 Å². The van der Waals surface area contributed by atoms with Crippen molar-refractivity contribution in [2.75, 3.05) is 47.5 Å². The molecule has 0 aliphatic rings. The largest absolute Gasteiger partial charge is 0.477 e. The van der Waals surface area contributed by atoms with Gasteiger partial charge in [0.2, 0.25) is 0 Å². The molecule has 448 valence electrons. The molecule has 9 nitrogen and oxygen atoms in total. The van der Waals surface area contributed by atoms with E-state index in [0.29, 0.717) is 17.4 Å². The van der Waals surface area contributed by atoms with Crippen LogP contribution in [0.25, 0.3) is 0 Å². The van der Waals surface area contributed by atoms with Crippen LogP contribution in [-0.2, 0) is 33.3 Å². The van der Waals surface area contributed by atoms with E-state index in [0.717, 1.165) is 64.2 Å². The van der Waals surface area contributed by atoms with Gasteiger partial charge in [-0.2, -0.15) is 0 Å². The first-order valence-electron chi connectivity index (χ1n) is 33.0. The summed E-state index contributed by atoms with van der Waals surface area (Å²) < 4.78 is 22.8. The Morgan fingerprint density at radius 3 is 1.03 bits per heavy atom. The van der Waals surface area contributed by atoms with Crippen LogP contribution in [0.3, 0.4) is 0 Å². The molecule has 2 atom stereocenters. The Morgan fingerprint density at radius 2 is 0.697 bits per heavy atom. The first kappa shape index (κ1) is 73.8. The summed E-state index contributed by atoms with van der Waals surface area (Å²) >= 11 is 0. The molecule has 0 rings (SSSR count). The van der Waals surface area contributed by atoms with E-state index in [-0.39, 0.29) is 32.2 Å². The van der Waals surface area contributed by atoms with E-state index in [1.165, 1.54) is 238 Å². The quantitative estimate of drug-likeness (QED) is 0.0211. The molecule has 0 radical (unpaired) electrons. The average molecular weight is 1080 g/mol. The molecule has 0 bridgehead atoms. The van der Waals surface area contributed by atoms with Gasteiger partial charge < -0.3 is 28.5 Å². The van der Waals surface area contributed by atoms with E-state index < -0.39 is 24.3 Å². The minimum Gasteiger partial charge on any atom is -0.477 e. The smallest absolute Gasteiger partial charge is 0.361 e. The lowest BCUT2D eigenvalue weighted by Gasteiger charge is -2.25. The number of carboxylic acid groups (broad SMARTS) is 1. The van der Waals surface area contributed by atoms with Gasteiger partial charge in [0, 0.05) is 12.8 Å². The van der Waals surface area contributed by atoms with Crippen LogP contribution in [0.2, 0.25) is 0 Å². The Labute approximate surface area is 471 Å². The van der Waals surface area contributed by atoms with Crippen molar-refractivity contribution in [2.45, 2.75) is 341 Å². The molecule has 9 heteroatoms. The number of unbranched alkanes of at least 4 members (excludes halogenated alkanes) is 43. The Bertz CT molecular complexity index is 1300. The van der Waals surface area contributed by atoms with E-state index in [1.807, 2.05) is 21.1 Å². The number of nitrogens with zero attached hydrogens (tertiary/aromatic N) is 1. The SMILES string of the molecule is CCC/C=C\CCCCCCCC(=O)OCC(COC(OCC[N+](C)(C)C)C(=O)O)OC(=O)CCCCCCCCCCCCCCCCCCCCCCCCCCCCCCC/C=C\CCCCCCCCCC. The summed E-state index contributed by atoms with van der Waals surface area (Å²) in [5, 5.41) is 9.68. The number of ether oxygens (including phenoxy) is 4. The summed E-state index contributed by atoms with van der Waals surface area (Å²) in [5.74, 6) is -2.00. The molecule has 2 unspecified atom stereocenters. The second-order valence-corrected chi connectivity index (χ2v) is 23.8. The van der Waals surface area contributed by atoms with Gasteiger partial charge in [0.1, 0.15) is 13.2 Å². The Balaban J connectivity index is 3.81. The lowest BCUT2D eigenvalue weighted by atomic mass is 10.0. The summed E-state index contributed by atoms with van der Waals surface area (Å²) in [4.78, 5) is 37.3. The van der Waals surface area contributed by atoms with Gasteiger partial charge >= 0.3 is 17.9 Å². The summed E-state index contributed by atoms with van der Waals surface area (Å²) in [6.45, 7) is 4.84. The number of aliphatic carboxylic acids is 1. The number of carbonyl (C=O) groups excluding carboxylic acids is 2. The predicted octanol–water partition coefficient (Wildman–Crippen LogP) is 19.9. The Kier molecular flexibility index (Phi) is 57.2. The van der Waals surface area contributed by atoms with Crippen LogP contribution in [0.15, 0.2) is 24.3 Å². The highest BCUT2D eigenvalue weighted by molar-refractivity contribution is 5.71. The minimum absolute atomic E-state index is 0.182. The Hall–Kier alpha value is -2.23. The molecule has 76 heavy (non-hydrogen) atoms. The van der Waals surface area contributed by atoms with E-state index in [1.54, 1.807) is 0 Å². The normalized spacial score (nSPS) is 12.8. The third-order valence-electron chi connectivity index (χ3n) is 14.9. The molecule has 0 saturated heterocycles. The summed E-state index contributed by atoms with van der Waals surface area (Å²) in [6.07, 6.45) is 69.1. The standard InChI is InChI=1S/C67H127NO8/c1-6-8-10-12-14-16-18-19-20-21-22-23-24-25-26-27-28-29-30-31-32-33-34-35-36-37-38-39-40-41-42-43-44-45-46-47-48-50-52-54-56-58-65(70)76-63(62-75-67(66(71)72)73-60-59-68(3,4)5)61-74-64(69)57-55-53-51-49-17-15-13-11-9-7-2/h11,13,21-22,63,67H,6-10,12,14-20,23-62H2,1-5H3/p+1/b13-11-,22-21-. The average Bonchev–Trinajstić information content (AvgIpc) is 3.39. The second kappa shape index (κ2) is 58.9. The molecule has 0 fully saturated rings. The maximum atomic E-state index is 12.9. The molecule has 0 aromatic rings. The maximum absolute atomic E-state index is 12.9. The predicted molar refractivity (Wildman–Crippen MR) is 323 cm³/mol. The summed E-state index contributed by atoms with van der Waals surface area (Å²) in [6, 6.07) is 0. The fourth-order valence-corrected chi connectivity index (χ4v) is 9.84. The fourth-order valence-electron chi connectivity index (χ4n) is 9.84. The Morgan fingerprint density at radius 1 is 0.382 bits per heavy atom. The van der Waals surface area contributed by atoms with Gasteiger partial charge in [-0.15, -0.1) is 0 Å². The van der Waals surface area contributed by atoms with Crippen molar-refractivity contribution in [1.29, 1.82) is 0 Å². The molecule has 0 aliphatic carbocycles.